The molecule has 332 valence electrons. The molecule has 0 aliphatic heterocycles. The summed E-state index contributed by atoms with van der Waals surface area (Å²) in [7, 11) is 2.16. The Morgan fingerprint density at radius 1 is 0.934 bits per heavy atom. The molecule has 0 bridgehead atoms. The molecule has 6 saturated carbocycles. The molecule has 1 aromatic carbocycles. The first-order valence-corrected chi connectivity index (χ1v) is 24.6. The van der Waals surface area contributed by atoms with Gasteiger partial charge in [-0.2, -0.15) is 0 Å². The summed E-state index contributed by atoms with van der Waals surface area (Å²) < 4.78 is 6.70. The third-order valence-corrected chi connectivity index (χ3v) is 19.9. The minimum Gasteiger partial charge on any atom is -0.481 e. The zero-order chi connectivity index (χ0) is 43.1. The normalized spacial score (nSPS) is 43.0. The largest absolute Gasteiger partial charge is 0.481 e. The van der Waals surface area contributed by atoms with E-state index >= 15 is 0 Å². The molecule has 7 heteroatoms. The molecule has 15 atom stereocenters. The molecule has 0 saturated heterocycles. The molecule has 6 fully saturated rings. The van der Waals surface area contributed by atoms with Gasteiger partial charge < -0.3 is 25.0 Å². The third kappa shape index (κ3) is 7.20. The van der Waals surface area contributed by atoms with E-state index in [0.29, 0.717) is 60.4 Å². The van der Waals surface area contributed by atoms with Crippen LogP contribution in [0.25, 0.3) is 0 Å². The van der Waals surface area contributed by atoms with Gasteiger partial charge in [0, 0.05) is 43.5 Å². The van der Waals surface area contributed by atoms with Crippen molar-refractivity contribution in [1.29, 1.82) is 0 Å². The maximum atomic E-state index is 12.5. The van der Waals surface area contributed by atoms with Crippen molar-refractivity contribution in [3.63, 3.8) is 0 Å². The number of benzene rings is 1. The van der Waals surface area contributed by atoms with E-state index in [1.54, 1.807) is 5.57 Å². The topological polar surface area (TPSA) is 107 Å². The van der Waals surface area contributed by atoms with Crippen LogP contribution in [0.1, 0.15) is 155 Å². The van der Waals surface area contributed by atoms with Crippen molar-refractivity contribution in [3.05, 3.63) is 52.6 Å². The summed E-state index contributed by atoms with van der Waals surface area (Å²) in [6.45, 7) is 13.0. The number of ketones is 1. The number of carbonyl (C=O) groups excluding carboxylic acids is 1. The summed E-state index contributed by atoms with van der Waals surface area (Å²) in [6, 6.07) is 9.18. The number of carboxylic acids is 1. The monoisotopic (exact) mass is 834 g/mol. The van der Waals surface area contributed by atoms with Crippen LogP contribution in [0, 0.1) is 75.4 Å². The second-order valence-electron chi connectivity index (χ2n) is 22.5. The summed E-state index contributed by atoms with van der Waals surface area (Å²) in [4.78, 5) is 26.2. The average Bonchev–Trinajstić information content (AvgIpc) is 3.72. The van der Waals surface area contributed by atoms with E-state index in [2.05, 4.69) is 75.7 Å². The lowest BCUT2D eigenvalue weighted by Gasteiger charge is -2.62. The van der Waals surface area contributed by atoms with E-state index in [-0.39, 0.29) is 46.6 Å². The molecule has 8 aliphatic rings. The van der Waals surface area contributed by atoms with Crippen LogP contribution in [0.4, 0.5) is 5.69 Å². The van der Waals surface area contributed by atoms with Crippen LogP contribution < -0.4 is 4.90 Å². The van der Waals surface area contributed by atoms with Crippen molar-refractivity contribution in [2.75, 3.05) is 25.1 Å². The van der Waals surface area contributed by atoms with Gasteiger partial charge in [-0.25, -0.2) is 0 Å². The Bertz CT molecular complexity index is 1990. The minimum atomic E-state index is -0.973. The fourth-order valence-corrected chi connectivity index (χ4v) is 16.7. The molecular weight excluding hydrogens is 759 g/mol. The molecule has 7 nitrogen and oxygen atoms in total. The lowest BCUT2D eigenvalue weighted by molar-refractivity contribution is -0.178. The third-order valence-electron chi connectivity index (χ3n) is 19.9. The van der Waals surface area contributed by atoms with Crippen molar-refractivity contribution >= 4 is 17.4 Å². The number of nitrogens with zero attached hydrogens (tertiary/aromatic N) is 1. The molecular formula is C54H75NO6. The summed E-state index contributed by atoms with van der Waals surface area (Å²) in [5.74, 6) is 9.88. The second kappa shape index (κ2) is 16.3. The number of hydrogen-bond donors (Lipinski definition) is 3. The maximum Gasteiger partial charge on any atom is 0.303 e. The van der Waals surface area contributed by atoms with E-state index in [0.717, 1.165) is 70.8 Å². The first kappa shape index (κ1) is 43.3. The second-order valence-corrected chi connectivity index (χ2v) is 22.5. The Balaban J connectivity index is 0.835. The number of aliphatic hydroxyl groups is 2. The number of hydrogen-bond acceptors (Lipinski definition) is 6. The van der Waals surface area contributed by atoms with Gasteiger partial charge >= 0.3 is 5.97 Å². The summed E-state index contributed by atoms with van der Waals surface area (Å²) in [6.07, 6.45) is 17.9. The van der Waals surface area contributed by atoms with Crippen molar-refractivity contribution in [3.8, 4) is 11.8 Å². The molecule has 0 spiro atoms. The summed E-state index contributed by atoms with van der Waals surface area (Å²) in [5.41, 5.74) is 5.92. The quantitative estimate of drug-likeness (QED) is 0.202. The van der Waals surface area contributed by atoms with Gasteiger partial charge in [-0.3, -0.25) is 9.59 Å². The van der Waals surface area contributed by atoms with Crippen LogP contribution in [0.5, 0.6) is 0 Å². The standard InChI is InChI=1S/C54H75NO6/c1-7-23-54(60)26-22-44-41-15-11-35-29-38(56)14-16-40(35)49(41)42(32-53(44,54)5)34-9-12-37(13-10-34)55(6)27-28-61-39-20-24-51(3)36(30-39)31-47(57)50-45-18-17-43(33(2)8-19-48(58)59)52(45,4)25-21-46(50)51/h9-10,12-13,29,33,36,39,41-47,50,57,60H,8,11,14-22,24-28,30-32H2,1-6H3,(H,58,59)/t33-,36+,39+,41+,42-,43-,44+,45+,46+,47-,50+,51+,52-,53+,54+/m1/s1. The number of carboxylic acid groups (broad SMARTS) is 1. The predicted molar refractivity (Wildman–Crippen MR) is 241 cm³/mol. The number of rotatable bonds is 10. The zero-order valence-electron chi connectivity index (χ0n) is 38.2. The van der Waals surface area contributed by atoms with Gasteiger partial charge in [0.05, 0.1) is 18.8 Å². The average molecular weight is 834 g/mol. The minimum absolute atomic E-state index is 0.196. The SMILES string of the molecule is CC#C[C@]1(O)CC[C@H]2[C@@H]3CCC4=CC(=O)CCC4=C3[C@@H](c3ccc(N(C)CCO[C@H]4CC[C@@]5(C)[C@@H](C4)C[C@@H](O)[C@@H]4[C@@H]5CC[C@]5(C)[C@@H]([C@H](C)CCC(=O)O)CC[C@@H]45)cc3)C[C@@]21C. The number of aliphatic carboxylic acids is 1. The van der Waals surface area contributed by atoms with Crippen LogP contribution in [0.3, 0.4) is 0 Å². The molecule has 0 radical (unpaired) electrons. The lowest BCUT2D eigenvalue weighted by Crippen LogP contribution is -2.58. The molecule has 0 amide bonds. The van der Waals surface area contributed by atoms with Crippen LogP contribution >= 0.6 is 0 Å². The van der Waals surface area contributed by atoms with E-state index < -0.39 is 11.6 Å². The number of anilines is 1. The molecule has 0 unspecified atom stereocenters. The first-order chi connectivity index (χ1) is 29.1. The number of fused-ring (bicyclic) bond motifs is 9. The van der Waals surface area contributed by atoms with Gasteiger partial charge in [-0.05, 0) is 196 Å². The Hall–Kier alpha value is -2.92. The lowest BCUT2D eigenvalue weighted by atomic mass is 9.43. The van der Waals surface area contributed by atoms with Gasteiger partial charge in [0.15, 0.2) is 5.78 Å². The number of allylic oxidation sites excluding steroid dienone is 4. The molecule has 1 aromatic rings. The number of aliphatic hydroxyl groups excluding tert-OH is 1. The Labute approximate surface area is 366 Å². The fourth-order valence-electron chi connectivity index (χ4n) is 16.7. The van der Waals surface area contributed by atoms with Gasteiger partial charge in [0.2, 0.25) is 0 Å². The van der Waals surface area contributed by atoms with Crippen LogP contribution in [-0.4, -0.2) is 65.1 Å². The highest BCUT2D eigenvalue weighted by atomic mass is 16.5. The summed E-state index contributed by atoms with van der Waals surface area (Å²) in [5, 5.41) is 33.4. The highest BCUT2D eigenvalue weighted by Crippen LogP contribution is 2.69. The molecule has 0 heterocycles. The summed E-state index contributed by atoms with van der Waals surface area (Å²) >= 11 is 0. The molecule has 9 rings (SSSR count). The van der Waals surface area contributed by atoms with Crippen molar-refractivity contribution in [2.24, 2.45) is 63.6 Å². The smallest absolute Gasteiger partial charge is 0.303 e. The fraction of sp³-hybridized carbons (Fsp3) is 0.741. The Morgan fingerprint density at radius 3 is 2.43 bits per heavy atom. The van der Waals surface area contributed by atoms with E-state index in [1.165, 1.54) is 54.5 Å². The molecule has 61 heavy (non-hydrogen) atoms. The van der Waals surface area contributed by atoms with E-state index in [1.807, 2.05) is 13.0 Å². The van der Waals surface area contributed by atoms with E-state index in [4.69, 9.17) is 4.74 Å². The van der Waals surface area contributed by atoms with Gasteiger partial charge in [-0.1, -0.05) is 51.3 Å². The molecule has 0 aromatic heterocycles. The highest BCUT2D eigenvalue weighted by Gasteiger charge is 2.64. The van der Waals surface area contributed by atoms with Crippen molar-refractivity contribution in [1.82, 2.24) is 0 Å². The highest BCUT2D eigenvalue weighted by molar-refractivity contribution is 5.93. The number of carbonyl (C=O) groups is 2. The Morgan fingerprint density at radius 2 is 1.67 bits per heavy atom. The number of likely N-dealkylation sites (N-methyl/N-ethyl adjacent to an activating group) is 1. The zero-order valence-corrected chi connectivity index (χ0v) is 38.2. The first-order valence-electron chi connectivity index (χ1n) is 24.6. The van der Waals surface area contributed by atoms with Crippen LogP contribution in [-0.2, 0) is 14.3 Å². The Kier molecular flexibility index (Phi) is 11.6. The van der Waals surface area contributed by atoms with Crippen LogP contribution in [0.2, 0.25) is 0 Å². The van der Waals surface area contributed by atoms with Gasteiger partial charge in [0.25, 0.3) is 0 Å². The van der Waals surface area contributed by atoms with Gasteiger partial charge in [-0.15, -0.1) is 5.92 Å². The predicted octanol–water partition coefficient (Wildman–Crippen LogP) is 10.3. The van der Waals surface area contributed by atoms with Crippen LogP contribution in [0.15, 0.2) is 47.1 Å². The van der Waals surface area contributed by atoms with E-state index in [9.17, 15) is 24.9 Å². The maximum absolute atomic E-state index is 12.5. The van der Waals surface area contributed by atoms with Crippen molar-refractivity contribution < 1.29 is 29.6 Å². The van der Waals surface area contributed by atoms with Crippen molar-refractivity contribution in [2.45, 2.75) is 167 Å². The molecule has 3 N–H and O–H groups in total. The molecule has 8 aliphatic carbocycles. The number of ether oxygens (including phenoxy) is 1. The van der Waals surface area contributed by atoms with Gasteiger partial charge in [0.1, 0.15) is 5.60 Å².